The number of hydrogen-bond donors (Lipinski definition) is 0. The van der Waals surface area contributed by atoms with Crippen LogP contribution in [0.2, 0.25) is 0 Å². The minimum absolute atomic E-state index is 0.899. The molecule has 1 aromatic heterocycles. The summed E-state index contributed by atoms with van der Waals surface area (Å²) in [6.45, 7) is 0. The van der Waals surface area contributed by atoms with E-state index >= 15 is 0 Å². The van der Waals surface area contributed by atoms with Crippen molar-refractivity contribution in [3.63, 3.8) is 0 Å². The number of furan rings is 1. The predicted octanol–water partition coefficient (Wildman–Crippen LogP) is 14.9. The van der Waals surface area contributed by atoms with Crippen molar-refractivity contribution in [2.24, 2.45) is 0 Å². The molecule has 0 aliphatic rings. The van der Waals surface area contributed by atoms with E-state index in [1.165, 1.54) is 44.2 Å². The molecule has 254 valence electrons. The topological polar surface area (TPSA) is 16.4 Å². The average molecular weight is 690 g/mol. The molecule has 0 bridgehead atoms. The average Bonchev–Trinajstić information content (AvgIpc) is 3.64. The fourth-order valence-electron chi connectivity index (χ4n) is 7.85. The van der Waals surface area contributed by atoms with Crippen LogP contribution in [0.4, 0.5) is 17.1 Å². The van der Waals surface area contributed by atoms with Crippen molar-refractivity contribution >= 4 is 49.8 Å². The fourth-order valence-corrected chi connectivity index (χ4v) is 7.85. The van der Waals surface area contributed by atoms with Crippen LogP contribution in [0.3, 0.4) is 0 Å². The summed E-state index contributed by atoms with van der Waals surface area (Å²) in [5.41, 5.74) is 14.4. The summed E-state index contributed by atoms with van der Waals surface area (Å²) >= 11 is 0. The van der Waals surface area contributed by atoms with E-state index < -0.39 is 0 Å². The Balaban J connectivity index is 1.07. The molecule has 0 N–H and O–H groups in total. The van der Waals surface area contributed by atoms with E-state index in [4.69, 9.17) is 4.42 Å². The largest absolute Gasteiger partial charge is 0.455 e. The van der Waals surface area contributed by atoms with Crippen LogP contribution in [0.15, 0.2) is 217 Å². The SMILES string of the molecule is c1ccc(-c2ccc(N(c3ccc(-c4ccccc4)cc3)c3ccc(-c4cccc5c4oc4cc(-c6ccccc6)c6ccccc6c45)cc3)cc2)cc1. The van der Waals surface area contributed by atoms with Crippen LogP contribution in [0, 0.1) is 0 Å². The highest BCUT2D eigenvalue weighted by Gasteiger charge is 2.19. The summed E-state index contributed by atoms with van der Waals surface area (Å²) in [7, 11) is 0. The third-order valence-electron chi connectivity index (χ3n) is 10.5. The standard InChI is InChI=1S/C52H35NO/c1-4-13-36(14-5-1)38-23-29-42(30-24-38)53(43-31-25-39(26-32-43)37-15-6-2-7-16-37)44-33-27-41(28-34-44)45-21-12-22-48-51-47-20-11-10-19-46(47)49(35-50(51)54-52(45)48)40-17-8-3-9-18-40/h1-35H. The van der Waals surface area contributed by atoms with Crippen molar-refractivity contribution in [1.82, 2.24) is 0 Å². The van der Waals surface area contributed by atoms with Gasteiger partial charge in [0, 0.05) is 33.4 Å². The first-order chi connectivity index (χ1) is 26.8. The van der Waals surface area contributed by atoms with Crippen molar-refractivity contribution in [2.45, 2.75) is 0 Å². The van der Waals surface area contributed by atoms with Gasteiger partial charge < -0.3 is 9.32 Å². The second kappa shape index (κ2) is 13.4. The van der Waals surface area contributed by atoms with E-state index in [0.29, 0.717) is 0 Å². The Bertz CT molecular complexity index is 2790. The van der Waals surface area contributed by atoms with E-state index in [9.17, 15) is 0 Å². The molecule has 54 heavy (non-hydrogen) atoms. The highest BCUT2D eigenvalue weighted by Crippen LogP contribution is 2.43. The molecule has 0 saturated carbocycles. The Hall–Kier alpha value is -7.16. The van der Waals surface area contributed by atoms with Gasteiger partial charge in [0.2, 0.25) is 0 Å². The molecule has 10 rings (SSSR count). The molecule has 0 fully saturated rings. The Labute approximate surface area is 314 Å². The Morgan fingerprint density at radius 2 is 0.704 bits per heavy atom. The smallest absolute Gasteiger partial charge is 0.143 e. The molecule has 0 atom stereocenters. The summed E-state index contributed by atoms with van der Waals surface area (Å²) in [5.74, 6) is 0. The van der Waals surface area contributed by atoms with Gasteiger partial charge in [0.25, 0.3) is 0 Å². The van der Waals surface area contributed by atoms with Crippen molar-refractivity contribution in [1.29, 1.82) is 0 Å². The molecule has 0 radical (unpaired) electrons. The molecule has 2 heteroatoms. The normalized spacial score (nSPS) is 11.3. The molecule has 0 aliphatic carbocycles. The number of benzene rings is 9. The van der Waals surface area contributed by atoms with Crippen LogP contribution < -0.4 is 4.90 Å². The minimum Gasteiger partial charge on any atom is -0.455 e. The van der Waals surface area contributed by atoms with E-state index in [2.05, 4.69) is 217 Å². The van der Waals surface area contributed by atoms with Crippen molar-refractivity contribution in [3.8, 4) is 44.5 Å². The first-order valence-corrected chi connectivity index (χ1v) is 18.4. The number of nitrogens with zero attached hydrogens (tertiary/aromatic N) is 1. The van der Waals surface area contributed by atoms with Crippen molar-refractivity contribution < 1.29 is 4.42 Å². The van der Waals surface area contributed by atoms with Gasteiger partial charge in [-0.1, -0.05) is 170 Å². The second-order valence-corrected chi connectivity index (χ2v) is 13.7. The Morgan fingerprint density at radius 3 is 1.24 bits per heavy atom. The lowest BCUT2D eigenvalue weighted by molar-refractivity contribution is 0.670. The van der Waals surface area contributed by atoms with Gasteiger partial charge >= 0.3 is 0 Å². The van der Waals surface area contributed by atoms with Crippen LogP contribution >= 0.6 is 0 Å². The number of fused-ring (bicyclic) bond motifs is 5. The van der Waals surface area contributed by atoms with E-state index in [1.807, 2.05) is 0 Å². The van der Waals surface area contributed by atoms with E-state index in [1.54, 1.807) is 0 Å². The van der Waals surface area contributed by atoms with E-state index in [-0.39, 0.29) is 0 Å². The van der Waals surface area contributed by atoms with Gasteiger partial charge in [-0.15, -0.1) is 0 Å². The molecule has 0 aliphatic heterocycles. The molecule has 0 amide bonds. The quantitative estimate of drug-likeness (QED) is 0.166. The van der Waals surface area contributed by atoms with Crippen LogP contribution in [0.1, 0.15) is 0 Å². The van der Waals surface area contributed by atoms with Gasteiger partial charge in [0.1, 0.15) is 11.2 Å². The Kier molecular flexibility index (Phi) is 7.85. The molecular weight excluding hydrogens is 655 g/mol. The predicted molar refractivity (Wildman–Crippen MR) is 228 cm³/mol. The third kappa shape index (κ3) is 5.62. The molecule has 0 saturated heterocycles. The van der Waals surface area contributed by atoms with Gasteiger partial charge in [-0.25, -0.2) is 0 Å². The molecule has 0 spiro atoms. The lowest BCUT2D eigenvalue weighted by Crippen LogP contribution is -2.09. The van der Waals surface area contributed by atoms with Gasteiger partial charge in [-0.3, -0.25) is 0 Å². The van der Waals surface area contributed by atoms with Crippen LogP contribution in [0.25, 0.3) is 77.2 Å². The van der Waals surface area contributed by atoms with Gasteiger partial charge in [-0.05, 0) is 92.2 Å². The summed E-state index contributed by atoms with van der Waals surface area (Å²) in [6.07, 6.45) is 0. The maximum Gasteiger partial charge on any atom is 0.143 e. The first kappa shape index (κ1) is 31.6. The van der Waals surface area contributed by atoms with Crippen LogP contribution in [-0.4, -0.2) is 0 Å². The first-order valence-electron chi connectivity index (χ1n) is 18.4. The van der Waals surface area contributed by atoms with Crippen molar-refractivity contribution in [2.75, 3.05) is 4.90 Å². The monoisotopic (exact) mass is 689 g/mol. The van der Waals surface area contributed by atoms with Gasteiger partial charge in [0.05, 0.1) is 0 Å². The number of anilines is 3. The fraction of sp³-hybridized carbons (Fsp3) is 0. The summed E-state index contributed by atoms with van der Waals surface area (Å²) in [5, 5.41) is 4.71. The minimum atomic E-state index is 0.899. The summed E-state index contributed by atoms with van der Waals surface area (Å²) < 4.78 is 6.81. The molecule has 1 heterocycles. The highest BCUT2D eigenvalue weighted by molar-refractivity contribution is 6.23. The molecule has 10 aromatic rings. The van der Waals surface area contributed by atoms with E-state index in [0.717, 1.165) is 50.1 Å². The van der Waals surface area contributed by atoms with Gasteiger partial charge in [0.15, 0.2) is 0 Å². The molecular formula is C52H35NO. The third-order valence-corrected chi connectivity index (χ3v) is 10.5. The highest BCUT2D eigenvalue weighted by atomic mass is 16.3. The summed E-state index contributed by atoms with van der Waals surface area (Å²) in [4.78, 5) is 2.33. The lowest BCUT2D eigenvalue weighted by atomic mass is 9.94. The van der Waals surface area contributed by atoms with Gasteiger partial charge in [-0.2, -0.15) is 0 Å². The Morgan fingerprint density at radius 1 is 0.296 bits per heavy atom. The molecule has 2 nitrogen and oxygen atoms in total. The maximum absolute atomic E-state index is 6.81. The number of rotatable bonds is 7. The number of hydrogen-bond acceptors (Lipinski definition) is 2. The zero-order valence-electron chi connectivity index (χ0n) is 29.6. The number of para-hydroxylation sites is 1. The second-order valence-electron chi connectivity index (χ2n) is 13.7. The van der Waals surface area contributed by atoms with Crippen LogP contribution in [0.5, 0.6) is 0 Å². The molecule has 9 aromatic carbocycles. The molecule has 0 unspecified atom stereocenters. The lowest BCUT2D eigenvalue weighted by Gasteiger charge is -2.26. The summed E-state index contributed by atoms with van der Waals surface area (Å²) in [6, 6.07) is 75.6. The zero-order valence-corrected chi connectivity index (χ0v) is 29.6. The zero-order chi connectivity index (χ0) is 35.8. The van der Waals surface area contributed by atoms with Crippen molar-refractivity contribution in [3.05, 3.63) is 212 Å². The maximum atomic E-state index is 6.81. The van der Waals surface area contributed by atoms with Crippen LogP contribution in [-0.2, 0) is 0 Å².